The van der Waals surface area contributed by atoms with E-state index in [0.29, 0.717) is 17.1 Å². The van der Waals surface area contributed by atoms with Gasteiger partial charge in [0, 0.05) is 29.7 Å². The van der Waals surface area contributed by atoms with Crippen LogP contribution in [0.25, 0.3) is 0 Å². The Bertz CT molecular complexity index is 558. The number of piperidine rings is 1. The Labute approximate surface area is 113 Å². The molecule has 0 radical (unpaired) electrons. The zero-order chi connectivity index (χ0) is 12.6. The molecule has 1 N–H and O–H groups in total. The molecule has 2 unspecified atom stereocenters. The lowest BCUT2D eigenvalue weighted by molar-refractivity contribution is -0.889. The highest BCUT2D eigenvalue weighted by atomic mass is 16.5. The highest BCUT2D eigenvalue weighted by molar-refractivity contribution is 5.54. The van der Waals surface area contributed by atoms with Gasteiger partial charge in [-0.1, -0.05) is 12.1 Å². The molecule has 2 aliphatic heterocycles. The molecular weight excluding hydrogens is 238 g/mol. The van der Waals surface area contributed by atoms with Crippen molar-refractivity contribution in [2.45, 2.75) is 49.7 Å². The molecule has 1 spiro atoms. The maximum absolute atomic E-state index is 12.3. The molecule has 4 aliphatic rings. The van der Waals surface area contributed by atoms with Crippen LogP contribution in [-0.2, 0) is 11.8 Å². The lowest BCUT2D eigenvalue weighted by Gasteiger charge is -2.57. The Morgan fingerprint density at radius 2 is 2.26 bits per heavy atom. The molecule has 0 aromatic heterocycles. The smallest absolute Gasteiger partial charge is 0.123 e. The van der Waals surface area contributed by atoms with E-state index < -0.39 is 0 Å². The minimum atomic E-state index is 0.195. The molecular formula is C16H19NO2. The number of quaternary nitrogens is 1. The number of benzene rings is 1. The number of hydrogen-bond acceptors (Lipinski definition) is 2. The van der Waals surface area contributed by atoms with Crippen LogP contribution in [0.2, 0.25) is 0 Å². The standard InChI is InChI=1S/C16H19NO2/c18-17-8-7-16-11-4-2-6-14(16)19-13-5-1-3-10(15(13)16)9-12(11)17/h1,3,5,11-12,14,17H,2,4,6-9H2/t11-,12+,14?,16+/m0/s1. The van der Waals surface area contributed by atoms with E-state index in [2.05, 4.69) is 18.2 Å². The van der Waals surface area contributed by atoms with Crippen molar-refractivity contribution in [2.75, 3.05) is 6.54 Å². The van der Waals surface area contributed by atoms with Gasteiger partial charge in [-0.05, 0) is 30.9 Å². The van der Waals surface area contributed by atoms with Crippen LogP contribution in [0.5, 0.6) is 5.75 Å². The first-order valence-electron chi connectivity index (χ1n) is 7.62. The van der Waals surface area contributed by atoms with E-state index in [1.807, 2.05) is 0 Å². The topological polar surface area (TPSA) is 36.7 Å². The van der Waals surface area contributed by atoms with Gasteiger partial charge in [0.2, 0.25) is 0 Å². The number of rotatable bonds is 0. The van der Waals surface area contributed by atoms with Gasteiger partial charge in [-0.3, -0.25) is 0 Å². The first kappa shape index (κ1) is 10.7. The third-order valence-corrected chi connectivity index (χ3v) is 6.19. The van der Waals surface area contributed by atoms with Crippen molar-refractivity contribution in [2.24, 2.45) is 5.92 Å². The van der Waals surface area contributed by atoms with E-state index in [1.165, 1.54) is 30.4 Å². The molecule has 1 aromatic carbocycles. The van der Waals surface area contributed by atoms with Crippen molar-refractivity contribution in [1.29, 1.82) is 0 Å². The minimum Gasteiger partial charge on any atom is -0.634 e. The third kappa shape index (κ3) is 1.09. The first-order valence-corrected chi connectivity index (χ1v) is 7.62. The third-order valence-electron chi connectivity index (χ3n) is 6.19. The van der Waals surface area contributed by atoms with Crippen molar-refractivity contribution in [1.82, 2.24) is 0 Å². The van der Waals surface area contributed by atoms with Crippen LogP contribution < -0.4 is 9.80 Å². The maximum Gasteiger partial charge on any atom is 0.123 e. The molecule has 2 aliphatic carbocycles. The molecule has 0 amide bonds. The predicted molar refractivity (Wildman–Crippen MR) is 71.2 cm³/mol. The summed E-state index contributed by atoms with van der Waals surface area (Å²) in [5, 5.41) is 12.9. The summed E-state index contributed by atoms with van der Waals surface area (Å²) >= 11 is 0. The Morgan fingerprint density at radius 1 is 1.32 bits per heavy atom. The molecule has 3 heteroatoms. The zero-order valence-corrected chi connectivity index (χ0v) is 11.0. The summed E-state index contributed by atoms with van der Waals surface area (Å²) in [6.07, 6.45) is 5.96. The average molecular weight is 257 g/mol. The second-order valence-electron chi connectivity index (χ2n) is 6.75. The van der Waals surface area contributed by atoms with Gasteiger partial charge in [0.05, 0.1) is 12.6 Å². The highest BCUT2D eigenvalue weighted by Gasteiger charge is 2.63. The van der Waals surface area contributed by atoms with Gasteiger partial charge in [0.15, 0.2) is 0 Å². The molecule has 1 saturated heterocycles. The van der Waals surface area contributed by atoms with Crippen LogP contribution in [0.15, 0.2) is 18.2 Å². The summed E-state index contributed by atoms with van der Waals surface area (Å²) in [6.45, 7) is 0.773. The van der Waals surface area contributed by atoms with Crippen molar-refractivity contribution in [3.63, 3.8) is 0 Å². The molecule has 100 valence electrons. The number of hydrogen-bond donors (Lipinski definition) is 1. The van der Waals surface area contributed by atoms with Crippen molar-refractivity contribution >= 4 is 0 Å². The quantitative estimate of drug-likeness (QED) is 0.709. The SMILES string of the molecule is [O-][NH+]1CC[C@]23c4c5cccc4OC2CCC[C@H]3[C@H]1C5. The largest absolute Gasteiger partial charge is 0.634 e. The second kappa shape index (κ2) is 3.33. The van der Waals surface area contributed by atoms with E-state index in [9.17, 15) is 5.21 Å². The molecule has 5 rings (SSSR count). The lowest BCUT2D eigenvalue weighted by Crippen LogP contribution is -3.15. The summed E-state index contributed by atoms with van der Waals surface area (Å²) in [7, 11) is 0. The van der Waals surface area contributed by atoms with Crippen molar-refractivity contribution < 1.29 is 9.80 Å². The average Bonchev–Trinajstić information content (AvgIpc) is 2.76. The van der Waals surface area contributed by atoms with E-state index in [-0.39, 0.29) is 11.5 Å². The second-order valence-corrected chi connectivity index (χ2v) is 6.75. The summed E-state index contributed by atoms with van der Waals surface area (Å²) in [6, 6.07) is 6.74. The Kier molecular flexibility index (Phi) is 1.88. The number of nitrogens with one attached hydrogen (secondary N) is 1. The lowest BCUT2D eigenvalue weighted by atomic mass is 9.52. The molecule has 2 bridgehead atoms. The molecule has 5 atom stereocenters. The normalized spacial score (nSPS) is 45.5. The zero-order valence-electron chi connectivity index (χ0n) is 11.0. The summed E-state index contributed by atoms with van der Waals surface area (Å²) in [4.78, 5) is 0. The minimum absolute atomic E-state index is 0.195. The van der Waals surface area contributed by atoms with Crippen LogP contribution in [0.1, 0.15) is 36.8 Å². The van der Waals surface area contributed by atoms with Crippen LogP contribution in [0.4, 0.5) is 0 Å². The van der Waals surface area contributed by atoms with Gasteiger partial charge in [-0.2, -0.15) is 0 Å². The van der Waals surface area contributed by atoms with Gasteiger partial charge in [-0.15, -0.1) is 0 Å². The van der Waals surface area contributed by atoms with Gasteiger partial charge in [-0.25, -0.2) is 0 Å². The summed E-state index contributed by atoms with van der Waals surface area (Å²) in [5.74, 6) is 1.69. The van der Waals surface area contributed by atoms with E-state index in [0.717, 1.165) is 25.1 Å². The molecule has 2 heterocycles. The van der Waals surface area contributed by atoms with Crippen molar-refractivity contribution in [3.05, 3.63) is 34.5 Å². The summed E-state index contributed by atoms with van der Waals surface area (Å²) in [5.41, 5.74) is 3.09. The maximum atomic E-state index is 12.3. The van der Waals surface area contributed by atoms with Gasteiger partial charge < -0.3 is 15.0 Å². The molecule has 1 aromatic rings. The fourth-order valence-corrected chi connectivity index (χ4v) is 5.58. The molecule has 2 fully saturated rings. The van der Waals surface area contributed by atoms with Crippen LogP contribution in [0, 0.1) is 11.1 Å². The molecule has 19 heavy (non-hydrogen) atoms. The molecule has 1 saturated carbocycles. The predicted octanol–water partition coefficient (Wildman–Crippen LogP) is 1.20. The Balaban J connectivity index is 1.81. The van der Waals surface area contributed by atoms with Crippen LogP contribution >= 0.6 is 0 Å². The van der Waals surface area contributed by atoms with Gasteiger partial charge in [0.1, 0.15) is 11.9 Å². The first-order chi connectivity index (χ1) is 9.30. The number of hydroxylamine groups is 2. The van der Waals surface area contributed by atoms with Crippen LogP contribution in [0.3, 0.4) is 0 Å². The fourth-order valence-electron chi connectivity index (χ4n) is 5.58. The van der Waals surface area contributed by atoms with E-state index in [4.69, 9.17) is 4.74 Å². The van der Waals surface area contributed by atoms with Crippen LogP contribution in [-0.4, -0.2) is 18.7 Å². The Morgan fingerprint density at radius 3 is 3.21 bits per heavy atom. The highest BCUT2D eigenvalue weighted by Crippen LogP contribution is 2.59. The molecule has 3 nitrogen and oxygen atoms in total. The fraction of sp³-hybridized carbons (Fsp3) is 0.625. The van der Waals surface area contributed by atoms with Crippen molar-refractivity contribution in [3.8, 4) is 5.75 Å². The van der Waals surface area contributed by atoms with E-state index >= 15 is 0 Å². The summed E-state index contributed by atoms with van der Waals surface area (Å²) < 4.78 is 6.30. The Hall–Kier alpha value is -1.06. The number of ether oxygens (including phenoxy) is 1. The van der Waals surface area contributed by atoms with Gasteiger partial charge >= 0.3 is 0 Å². The van der Waals surface area contributed by atoms with E-state index in [1.54, 1.807) is 0 Å². The monoisotopic (exact) mass is 257 g/mol. The van der Waals surface area contributed by atoms with Gasteiger partial charge in [0.25, 0.3) is 0 Å².